The number of rotatable bonds is 2. The van der Waals surface area contributed by atoms with Gasteiger partial charge in [0.15, 0.2) is 0 Å². The van der Waals surface area contributed by atoms with E-state index in [4.69, 9.17) is 5.73 Å². The zero-order chi connectivity index (χ0) is 14.1. The number of amides is 1. The second-order valence-electron chi connectivity index (χ2n) is 4.36. The van der Waals surface area contributed by atoms with E-state index in [-0.39, 0.29) is 11.6 Å². The number of nitrogens with two attached hydrogens (primary N) is 1. The van der Waals surface area contributed by atoms with E-state index in [0.29, 0.717) is 11.3 Å². The molecule has 2 aromatic carbocycles. The molecule has 0 saturated carbocycles. The molecule has 0 unspecified atom stereocenters. The highest BCUT2D eigenvalue weighted by atomic mass is 19.1. The van der Waals surface area contributed by atoms with Crippen LogP contribution in [0.15, 0.2) is 42.6 Å². The summed E-state index contributed by atoms with van der Waals surface area (Å²) in [5.74, 6) is -0.811. The van der Waals surface area contributed by atoms with Crippen LogP contribution in [0.3, 0.4) is 0 Å². The lowest BCUT2D eigenvalue weighted by Gasteiger charge is -2.06. The second-order valence-corrected chi connectivity index (χ2v) is 4.36. The van der Waals surface area contributed by atoms with Crippen molar-refractivity contribution in [1.29, 1.82) is 0 Å². The number of nitrogens with one attached hydrogen (secondary N) is 2. The van der Waals surface area contributed by atoms with Crippen molar-refractivity contribution < 1.29 is 9.18 Å². The summed E-state index contributed by atoms with van der Waals surface area (Å²) in [6.45, 7) is 0. The smallest absolute Gasteiger partial charge is 0.255 e. The fraction of sp³-hybridized carbons (Fsp3) is 0. The number of anilines is 2. The van der Waals surface area contributed by atoms with Crippen molar-refractivity contribution in [3.8, 4) is 0 Å². The molecule has 20 heavy (non-hydrogen) atoms. The Morgan fingerprint density at radius 2 is 2.10 bits per heavy atom. The van der Waals surface area contributed by atoms with Gasteiger partial charge in [-0.1, -0.05) is 6.07 Å². The van der Waals surface area contributed by atoms with Gasteiger partial charge in [0.05, 0.1) is 17.4 Å². The molecule has 6 heteroatoms. The van der Waals surface area contributed by atoms with Crippen LogP contribution in [0.5, 0.6) is 0 Å². The van der Waals surface area contributed by atoms with Crippen LogP contribution in [-0.2, 0) is 0 Å². The Bertz CT molecular complexity index is 797. The number of nitrogens with zero attached hydrogens (tertiary/aromatic N) is 1. The number of nitrogen functional groups attached to an aromatic ring is 1. The molecular formula is C14H11FN4O. The Labute approximate surface area is 113 Å². The maximum absolute atomic E-state index is 13.0. The van der Waals surface area contributed by atoms with E-state index in [1.165, 1.54) is 18.2 Å². The Hall–Kier alpha value is -2.89. The van der Waals surface area contributed by atoms with Gasteiger partial charge in [0.25, 0.3) is 5.91 Å². The van der Waals surface area contributed by atoms with Crippen molar-refractivity contribution in [3.63, 3.8) is 0 Å². The van der Waals surface area contributed by atoms with Crippen LogP contribution in [0.25, 0.3) is 10.9 Å². The molecule has 4 N–H and O–H groups in total. The molecular weight excluding hydrogens is 259 g/mol. The number of benzene rings is 2. The molecule has 1 heterocycles. The van der Waals surface area contributed by atoms with Gasteiger partial charge in [-0.3, -0.25) is 9.89 Å². The average molecular weight is 270 g/mol. The van der Waals surface area contributed by atoms with Gasteiger partial charge in [-0.05, 0) is 30.3 Å². The van der Waals surface area contributed by atoms with Crippen molar-refractivity contribution >= 4 is 28.2 Å². The maximum Gasteiger partial charge on any atom is 0.255 e. The molecule has 0 aliphatic rings. The quantitative estimate of drug-likeness (QED) is 0.626. The normalized spacial score (nSPS) is 10.7. The predicted octanol–water partition coefficient (Wildman–Crippen LogP) is 2.54. The van der Waals surface area contributed by atoms with Crippen LogP contribution in [-0.4, -0.2) is 16.1 Å². The highest BCUT2D eigenvalue weighted by Crippen LogP contribution is 2.18. The second kappa shape index (κ2) is 4.65. The lowest BCUT2D eigenvalue weighted by molar-refractivity contribution is 0.102. The first kappa shape index (κ1) is 12.2. The molecule has 0 fully saturated rings. The molecule has 3 aromatic rings. The number of aromatic nitrogens is 2. The number of carbonyl (C=O) groups is 1. The fourth-order valence-electron chi connectivity index (χ4n) is 1.90. The average Bonchev–Trinajstić information content (AvgIpc) is 2.90. The summed E-state index contributed by atoms with van der Waals surface area (Å²) < 4.78 is 13.0. The molecule has 3 rings (SSSR count). The lowest BCUT2D eigenvalue weighted by atomic mass is 10.1. The van der Waals surface area contributed by atoms with Crippen molar-refractivity contribution in [2.24, 2.45) is 0 Å². The van der Waals surface area contributed by atoms with Crippen LogP contribution >= 0.6 is 0 Å². The number of carbonyl (C=O) groups excluding carboxylic acids is 1. The number of hydrogen-bond acceptors (Lipinski definition) is 3. The monoisotopic (exact) mass is 270 g/mol. The lowest BCUT2D eigenvalue weighted by Crippen LogP contribution is -2.12. The minimum Gasteiger partial charge on any atom is -0.396 e. The molecule has 0 bridgehead atoms. The largest absolute Gasteiger partial charge is 0.396 e. The van der Waals surface area contributed by atoms with E-state index in [2.05, 4.69) is 15.5 Å². The van der Waals surface area contributed by atoms with Gasteiger partial charge >= 0.3 is 0 Å². The summed E-state index contributed by atoms with van der Waals surface area (Å²) in [5.41, 5.74) is 7.14. The van der Waals surface area contributed by atoms with Crippen LogP contribution < -0.4 is 11.1 Å². The van der Waals surface area contributed by atoms with Crippen molar-refractivity contribution in [2.45, 2.75) is 0 Å². The molecule has 0 aliphatic carbocycles. The first-order valence-electron chi connectivity index (χ1n) is 5.93. The van der Waals surface area contributed by atoms with Gasteiger partial charge in [0.1, 0.15) is 5.82 Å². The van der Waals surface area contributed by atoms with E-state index in [1.54, 1.807) is 24.4 Å². The van der Waals surface area contributed by atoms with E-state index < -0.39 is 5.82 Å². The Morgan fingerprint density at radius 3 is 2.90 bits per heavy atom. The highest BCUT2D eigenvalue weighted by Gasteiger charge is 2.08. The van der Waals surface area contributed by atoms with Crippen molar-refractivity contribution in [1.82, 2.24) is 10.2 Å². The third kappa shape index (κ3) is 2.18. The fourth-order valence-corrected chi connectivity index (χ4v) is 1.90. The number of halogens is 1. The third-order valence-electron chi connectivity index (χ3n) is 2.96. The Kier molecular flexibility index (Phi) is 2.83. The third-order valence-corrected chi connectivity index (χ3v) is 2.96. The topological polar surface area (TPSA) is 83.8 Å². The van der Waals surface area contributed by atoms with Crippen molar-refractivity contribution in [3.05, 3.63) is 54.0 Å². The minimum absolute atomic E-state index is 0.00757. The number of hydrogen-bond donors (Lipinski definition) is 3. The zero-order valence-electron chi connectivity index (χ0n) is 10.4. The summed E-state index contributed by atoms with van der Waals surface area (Å²) in [6.07, 6.45) is 1.68. The van der Waals surface area contributed by atoms with E-state index in [9.17, 15) is 9.18 Å². The zero-order valence-corrected chi connectivity index (χ0v) is 10.4. The highest BCUT2D eigenvalue weighted by molar-refractivity contribution is 6.06. The van der Waals surface area contributed by atoms with E-state index >= 15 is 0 Å². The Morgan fingerprint density at radius 1 is 1.25 bits per heavy atom. The summed E-state index contributed by atoms with van der Waals surface area (Å²) in [6, 6.07) is 9.24. The molecule has 1 amide bonds. The summed E-state index contributed by atoms with van der Waals surface area (Å²) in [4.78, 5) is 12.1. The molecule has 0 atom stereocenters. The van der Waals surface area contributed by atoms with Crippen LogP contribution in [0.2, 0.25) is 0 Å². The van der Waals surface area contributed by atoms with Gasteiger partial charge in [-0.2, -0.15) is 5.10 Å². The van der Waals surface area contributed by atoms with Gasteiger partial charge in [0, 0.05) is 16.6 Å². The maximum atomic E-state index is 13.0. The molecule has 0 radical (unpaired) electrons. The minimum atomic E-state index is -0.512. The van der Waals surface area contributed by atoms with Crippen LogP contribution in [0.1, 0.15) is 10.4 Å². The van der Waals surface area contributed by atoms with Gasteiger partial charge in [-0.15, -0.1) is 0 Å². The van der Waals surface area contributed by atoms with E-state index in [0.717, 1.165) is 10.9 Å². The number of H-pyrrole nitrogens is 1. The summed E-state index contributed by atoms with van der Waals surface area (Å²) in [7, 11) is 0. The van der Waals surface area contributed by atoms with Gasteiger partial charge < -0.3 is 11.1 Å². The molecule has 0 saturated heterocycles. The van der Waals surface area contributed by atoms with Crippen molar-refractivity contribution in [2.75, 3.05) is 11.1 Å². The molecule has 5 nitrogen and oxygen atoms in total. The number of fused-ring (bicyclic) bond motifs is 1. The molecule has 100 valence electrons. The molecule has 0 spiro atoms. The van der Waals surface area contributed by atoms with Crippen LogP contribution in [0.4, 0.5) is 15.8 Å². The predicted molar refractivity (Wildman–Crippen MR) is 74.9 cm³/mol. The first-order valence-corrected chi connectivity index (χ1v) is 5.93. The van der Waals surface area contributed by atoms with Gasteiger partial charge in [-0.25, -0.2) is 4.39 Å². The molecule has 1 aromatic heterocycles. The SMILES string of the molecule is Nc1cc(NC(=O)c2ccc3cn[nH]c3c2)ccc1F. The summed E-state index contributed by atoms with van der Waals surface area (Å²) >= 11 is 0. The summed E-state index contributed by atoms with van der Waals surface area (Å²) in [5, 5.41) is 10.3. The first-order chi connectivity index (χ1) is 9.63. The Balaban J connectivity index is 1.86. The molecule has 0 aliphatic heterocycles. The standard InChI is InChI=1S/C14H11FN4O/c15-11-4-3-10(6-12(11)16)18-14(20)8-1-2-9-7-17-19-13(9)5-8/h1-7H,16H2,(H,17,19)(H,18,20). The van der Waals surface area contributed by atoms with Crippen LogP contribution in [0, 0.1) is 5.82 Å². The van der Waals surface area contributed by atoms with E-state index in [1.807, 2.05) is 0 Å². The van der Waals surface area contributed by atoms with Gasteiger partial charge in [0.2, 0.25) is 0 Å². The number of aromatic amines is 1.